The minimum Gasteiger partial charge on any atom is -0.496 e. The number of carbonyl (C=O) groups excluding carboxylic acids is 3. The topological polar surface area (TPSA) is 75.7 Å². The van der Waals surface area contributed by atoms with Crippen LogP contribution in [0, 0.1) is 0 Å². The van der Waals surface area contributed by atoms with Crippen LogP contribution in [-0.2, 0) is 9.59 Å². The zero-order valence-electron chi connectivity index (χ0n) is 15.6. The average Bonchev–Trinajstić information content (AvgIpc) is 2.73. The molecule has 0 saturated carbocycles. The predicted octanol–water partition coefficient (Wildman–Crippen LogP) is 4.82. The van der Waals surface area contributed by atoms with E-state index in [-0.39, 0.29) is 21.3 Å². The molecule has 0 spiro atoms. The largest absolute Gasteiger partial charge is 0.496 e. The number of barbiturate groups is 1. The van der Waals surface area contributed by atoms with E-state index in [0.717, 1.165) is 15.7 Å². The van der Waals surface area contributed by atoms with Gasteiger partial charge in [0.15, 0.2) is 0 Å². The summed E-state index contributed by atoms with van der Waals surface area (Å²) >= 11 is 12.0. The summed E-state index contributed by atoms with van der Waals surface area (Å²) in [4.78, 5) is 38.9. The Morgan fingerprint density at radius 2 is 1.73 bits per heavy atom. The molecule has 8 heteroatoms. The molecule has 1 fully saturated rings. The first-order chi connectivity index (χ1) is 14.4. The van der Waals surface area contributed by atoms with Crippen molar-refractivity contribution in [3.63, 3.8) is 0 Å². The summed E-state index contributed by atoms with van der Waals surface area (Å²) in [5.74, 6) is -1.09. The van der Waals surface area contributed by atoms with Crippen molar-refractivity contribution in [3.05, 3.63) is 75.8 Å². The average molecular weight is 441 g/mol. The Labute approximate surface area is 181 Å². The van der Waals surface area contributed by atoms with E-state index in [1.54, 1.807) is 6.07 Å². The monoisotopic (exact) mass is 440 g/mol. The van der Waals surface area contributed by atoms with E-state index in [4.69, 9.17) is 27.9 Å². The van der Waals surface area contributed by atoms with Gasteiger partial charge in [0.2, 0.25) is 0 Å². The fraction of sp³-hybridized carbons (Fsp3) is 0.0455. The minimum atomic E-state index is -0.870. The summed E-state index contributed by atoms with van der Waals surface area (Å²) in [6, 6.07) is 14.6. The molecule has 0 bridgehead atoms. The molecule has 0 aliphatic carbocycles. The maximum Gasteiger partial charge on any atom is 0.335 e. The van der Waals surface area contributed by atoms with Gasteiger partial charge in [0.25, 0.3) is 11.8 Å². The van der Waals surface area contributed by atoms with Crippen LogP contribution >= 0.6 is 23.2 Å². The highest BCUT2D eigenvalue weighted by molar-refractivity contribution is 6.43. The molecule has 30 heavy (non-hydrogen) atoms. The SMILES string of the molecule is COc1ccc2ccccc2c1/C=C1\C(=O)NC(=O)N(c2ccc(Cl)c(Cl)c2)C1=O. The summed E-state index contributed by atoms with van der Waals surface area (Å²) in [6.45, 7) is 0. The highest BCUT2D eigenvalue weighted by Gasteiger charge is 2.37. The summed E-state index contributed by atoms with van der Waals surface area (Å²) in [7, 11) is 1.50. The number of anilines is 1. The van der Waals surface area contributed by atoms with Gasteiger partial charge in [0.1, 0.15) is 11.3 Å². The van der Waals surface area contributed by atoms with Crippen molar-refractivity contribution in [1.29, 1.82) is 0 Å². The number of amides is 4. The number of halogens is 2. The third-order valence-corrected chi connectivity index (χ3v) is 5.44. The maximum atomic E-state index is 13.1. The second-order valence-electron chi connectivity index (χ2n) is 6.46. The predicted molar refractivity (Wildman–Crippen MR) is 116 cm³/mol. The number of urea groups is 1. The van der Waals surface area contributed by atoms with Crippen LogP contribution in [0.5, 0.6) is 5.75 Å². The molecule has 4 amide bonds. The number of nitrogens with one attached hydrogen (secondary N) is 1. The highest BCUT2D eigenvalue weighted by Crippen LogP contribution is 2.33. The Hall–Kier alpha value is -3.35. The van der Waals surface area contributed by atoms with Gasteiger partial charge < -0.3 is 4.74 Å². The van der Waals surface area contributed by atoms with Gasteiger partial charge in [-0.1, -0.05) is 53.5 Å². The summed E-state index contributed by atoms with van der Waals surface area (Å²) < 4.78 is 5.43. The zero-order valence-corrected chi connectivity index (χ0v) is 17.1. The second kappa shape index (κ2) is 7.82. The van der Waals surface area contributed by atoms with Crippen LogP contribution < -0.4 is 15.0 Å². The van der Waals surface area contributed by atoms with Crippen LogP contribution in [0.25, 0.3) is 16.8 Å². The van der Waals surface area contributed by atoms with E-state index in [9.17, 15) is 14.4 Å². The quantitative estimate of drug-likeness (QED) is 0.467. The summed E-state index contributed by atoms with van der Waals surface area (Å²) in [5.41, 5.74) is 0.531. The molecule has 0 radical (unpaired) electrons. The number of carbonyl (C=O) groups is 3. The number of rotatable bonds is 3. The molecule has 0 unspecified atom stereocenters. The standard InChI is InChI=1S/C22H14Cl2N2O4/c1-30-19-9-6-12-4-2-3-5-14(12)15(19)11-16-20(27)25-22(29)26(21(16)28)13-7-8-17(23)18(24)10-13/h2-11H,1H3,(H,25,27,29)/b16-11+. The van der Waals surface area contributed by atoms with E-state index in [0.29, 0.717) is 11.3 Å². The molecule has 1 aliphatic heterocycles. The minimum absolute atomic E-state index is 0.174. The zero-order chi connectivity index (χ0) is 21.4. The molecule has 1 N–H and O–H groups in total. The van der Waals surface area contributed by atoms with Gasteiger partial charge in [-0.3, -0.25) is 14.9 Å². The molecular weight excluding hydrogens is 427 g/mol. The molecule has 6 nitrogen and oxygen atoms in total. The molecule has 150 valence electrons. The van der Waals surface area contributed by atoms with Crippen LogP contribution in [0.2, 0.25) is 10.0 Å². The number of nitrogens with zero attached hydrogens (tertiary/aromatic N) is 1. The molecule has 0 aromatic heterocycles. The van der Waals surface area contributed by atoms with Gasteiger partial charge in [-0.05, 0) is 41.1 Å². The number of fused-ring (bicyclic) bond motifs is 1. The van der Waals surface area contributed by atoms with Crippen LogP contribution in [0.3, 0.4) is 0 Å². The van der Waals surface area contributed by atoms with Crippen molar-refractivity contribution < 1.29 is 19.1 Å². The van der Waals surface area contributed by atoms with E-state index in [1.165, 1.54) is 31.4 Å². The highest BCUT2D eigenvalue weighted by atomic mass is 35.5. The van der Waals surface area contributed by atoms with Gasteiger partial charge in [0, 0.05) is 5.56 Å². The first-order valence-electron chi connectivity index (χ1n) is 8.83. The smallest absolute Gasteiger partial charge is 0.335 e. The molecule has 3 aromatic carbocycles. The van der Waals surface area contributed by atoms with Gasteiger partial charge in [-0.25, -0.2) is 9.69 Å². The van der Waals surface area contributed by atoms with Crippen LogP contribution in [-0.4, -0.2) is 25.0 Å². The fourth-order valence-electron chi connectivity index (χ4n) is 3.26. The van der Waals surface area contributed by atoms with Crippen molar-refractivity contribution in [1.82, 2.24) is 5.32 Å². The lowest BCUT2D eigenvalue weighted by Gasteiger charge is -2.26. The van der Waals surface area contributed by atoms with Gasteiger partial charge in [0.05, 0.1) is 22.8 Å². The lowest BCUT2D eigenvalue weighted by molar-refractivity contribution is -0.122. The Kier molecular flexibility index (Phi) is 5.20. The number of hydrogen-bond donors (Lipinski definition) is 1. The Morgan fingerprint density at radius 1 is 0.967 bits per heavy atom. The summed E-state index contributed by atoms with van der Waals surface area (Å²) in [6.07, 6.45) is 1.43. The van der Waals surface area contributed by atoms with E-state index < -0.39 is 17.8 Å². The fourth-order valence-corrected chi connectivity index (χ4v) is 3.56. The first-order valence-corrected chi connectivity index (χ1v) is 9.58. The van der Waals surface area contributed by atoms with Gasteiger partial charge in [-0.15, -0.1) is 0 Å². The number of ether oxygens (including phenoxy) is 1. The van der Waals surface area contributed by atoms with Crippen molar-refractivity contribution >= 4 is 63.6 Å². The van der Waals surface area contributed by atoms with Crippen LogP contribution in [0.4, 0.5) is 10.5 Å². The van der Waals surface area contributed by atoms with Crippen LogP contribution in [0.1, 0.15) is 5.56 Å². The van der Waals surface area contributed by atoms with E-state index in [2.05, 4.69) is 5.32 Å². The third kappa shape index (κ3) is 3.40. The second-order valence-corrected chi connectivity index (χ2v) is 7.27. The molecule has 1 heterocycles. The van der Waals surface area contributed by atoms with Gasteiger partial charge in [-0.2, -0.15) is 0 Å². The molecule has 1 aliphatic rings. The molecule has 1 saturated heterocycles. The molecule has 0 atom stereocenters. The third-order valence-electron chi connectivity index (χ3n) is 4.70. The van der Waals surface area contributed by atoms with Crippen molar-refractivity contribution in [2.75, 3.05) is 12.0 Å². The summed E-state index contributed by atoms with van der Waals surface area (Å²) in [5, 5.41) is 4.34. The normalized spacial score (nSPS) is 15.6. The van der Waals surface area contributed by atoms with E-state index in [1.807, 2.05) is 30.3 Å². The number of methoxy groups -OCH3 is 1. The number of imide groups is 2. The lowest BCUT2D eigenvalue weighted by Crippen LogP contribution is -2.54. The van der Waals surface area contributed by atoms with Crippen molar-refractivity contribution in [2.45, 2.75) is 0 Å². The van der Waals surface area contributed by atoms with Crippen molar-refractivity contribution in [3.8, 4) is 5.75 Å². The molecular formula is C22H14Cl2N2O4. The van der Waals surface area contributed by atoms with Crippen molar-refractivity contribution in [2.24, 2.45) is 0 Å². The Balaban J connectivity index is 1.86. The van der Waals surface area contributed by atoms with Crippen LogP contribution in [0.15, 0.2) is 60.2 Å². The lowest BCUT2D eigenvalue weighted by atomic mass is 9.99. The maximum absolute atomic E-state index is 13.1. The Bertz CT molecular complexity index is 1250. The first kappa shape index (κ1) is 19.9. The Morgan fingerprint density at radius 3 is 2.47 bits per heavy atom. The van der Waals surface area contributed by atoms with E-state index >= 15 is 0 Å². The molecule has 4 rings (SSSR count). The number of hydrogen-bond acceptors (Lipinski definition) is 4. The molecule has 3 aromatic rings. The van der Waals surface area contributed by atoms with Gasteiger partial charge >= 0.3 is 6.03 Å². The number of benzene rings is 3.